The summed E-state index contributed by atoms with van der Waals surface area (Å²) in [5.41, 5.74) is 2.50. The molecule has 21 heavy (non-hydrogen) atoms. The van der Waals surface area contributed by atoms with E-state index in [0.717, 1.165) is 29.7 Å². The minimum absolute atomic E-state index is 0.0571. The second-order valence-electron chi connectivity index (χ2n) is 5.27. The number of phenols is 2. The molecule has 1 atom stereocenters. The third kappa shape index (κ3) is 2.37. The van der Waals surface area contributed by atoms with E-state index in [4.69, 9.17) is 9.47 Å². The largest absolute Gasteiger partial charge is 0.507 e. The number of benzene rings is 2. The van der Waals surface area contributed by atoms with Crippen LogP contribution in [0.3, 0.4) is 0 Å². The molecule has 4 nitrogen and oxygen atoms in total. The zero-order valence-electron chi connectivity index (χ0n) is 12.1. The zero-order chi connectivity index (χ0) is 15.0. The molecule has 110 valence electrons. The molecular weight excluding hydrogens is 268 g/mol. The minimum Gasteiger partial charge on any atom is -0.507 e. The van der Waals surface area contributed by atoms with Gasteiger partial charge < -0.3 is 19.7 Å². The molecule has 0 unspecified atom stereocenters. The minimum atomic E-state index is -0.0803. The van der Waals surface area contributed by atoms with Crippen LogP contribution in [0.15, 0.2) is 30.3 Å². The second kappa shape index (κ2) is 5.20. The number of hydrogen-bond donors (Lipinski definition) is 2. The Bertz CT molecular complexity index is 661. The van der Waals surface area contributed by atoms with Gasteiger partial charge in [0.15, 0.2) is 0 Å². The van der Waals surface area contributed by atoms with E-state index in [1.807, 2.05) is 24.3 Å². The van der Waals surface area contributed by atoms with Crippen molar-refractivity contribution < 1.29 is 19.7 Å². The van der Waals surface area contributed by atoms with Gasteiger partial charge in [0, 0.05) is 17.2 Å². The fourth-order valence-corrected chi connectivity index (χ4v) is 2.71. The molecule has 0 saturated heterocycles. The third-order valence-electron chi connectivity index (χ3n) is 3.99. The van der Waals surface area contributed by atoms with Gasteiger partial charge in [-0.25, -0.2) is 0 Å². The topological polar surface area (TPSA) is 58.9 Å². The van der Waals surface area contributed by atoms with Crippen molar-refractivity contribution in [1.29, 1.82) is 0 Å². The lowest BCUT2D eigenvalue weighted by atomic mass is 9.95. The summed E-state index contributed by atoms with van der Waals surface area (Å²) in [4.78, 5) is 0. The van der Waals surface area contributed by atoms with E-state index in [9.17, 15) is 10.2 Å². The van der Waals surface area contributed by atoms with E-state index in [1.54, 1.807) is 14.0 Å². The van der Waals surface area contributed by atoms with E-state index >= 15 is 0 Å². The maximum atomic E-state index is 9.93. The van der Waals surface area contributed by atoms with Crippen molar-refractivity contribution in [3.05, 3.63) is 47.0 Å². The van der Waals surface area contributed by atoms with Crippen molar-refractivity contribution in [1.82, 2.24) is 0 Å². The Morgan fingerprint density at radius 2 is 1.86 bits per heavy atom. The molecule has 1 aliphatic rings. The van der Waals surface area contributed by atoms with Crippen LogP contribution in [-0.2, 0) is 6.42 Å². The first-order valence-electron chi connectivity index (χ1n) is 6.95. The van der Waals surface area contributed by atoms with E-state index in [1.165, 1.54) is 6.07 Å². The molecule has 0 fully saturated rings. The van der Waals surface area contributed by atoms with Gasteiger partial charge in [-0.15, -0.1) is 0 Å². The standard InChI is InChI=1S/C17H18O4/c1-10-14(18)9-15(19)13-7-8-16(21-17(10)13)11-3-5-12(20-2)6-4-11/h3-6,9,16,18-19H,7-8H2,1-2H3/t16-/m1/s1. The van der Waals surface area contributed by atoms with Crippen LogP contribution in [0.5, 0.6) is 23.0 Å². The van der Waals surface area contributed by atoms with Gasteiger partial charge in [-0.2, -0.15) is 0 Å². The van der Waals surface area contributed by atoms with Gasteiger partial charge >= 0.3 is 0 Å². The molecule has 0 bridgehead atoms. The molecule has 2 aromatic rings. The molecule has 0 spiro atoms. The van der Waals surface area contributed by atoms with Gasteiger partial charge in [-0.05, 0) is 37.5 Å². The van der Waals surface area contributed by atoms with Crippen LogP contribution in [0.2, 0.25) is 0 Å². The summed E-state index contributed by atoms with van der Waals surface area (Å²) in [6, 6.07) is 9.15. The molecule has 4 heteroatoms. The highest BCUT2D eigenvalue weighted by atomic mass is 16.5. The first-order valence-corrected chi connectivity index (χ1v) is 6.95. The summed E-state index contributed by atoms with van der Waals surface area (Å²) in [5, 5.41) is 19.8. The number of phenolic OH excluding ortho intramolecular Hbond substituents is 2. The molecule has 0 aromatic heterocycles. The molecule has 2 N–H and O–H groups in total. The van der Waals surface area contributed by atoms with Crippen LogP contribution < -0.4 is 9.47 Å². The van der Waals surface area contributed by atoms with Crippen LogP contribution >= 0.6 is 0 Å². The Labute approximate surface area is 123 Å². The summed E-state index contributed by atoms with van der Waals surface area (Å²) in [7, 11) is 1.64. The maximum Gasteiger partial charge on any atom is 0.133 e. The Morgan fingerprint density at radius 3 is 2.52 bits per heavy atom. The lowest BCUT2D eigenvalue weighted by molar-refractivity contribution is 0.172. The monoisotopic (exact) mass is 286 g/mol. The predicted molar refractivity (Wildman–Crippen MR) is 79.2 cm³/mol. The Hall–Kier alpha value is -2.36. The number of rotatable bonds is 2. The normalized spacial score (nSPS) is 17.0. The van der Waals surface area contributed by atoms with Gasteiger partial charge in [0.1, 0.15) is 29.1 Å². The summed E-state index contributed by atoms with van der Waals surface area (Å²) in [5.74, 6) is 1.56. The summed E-state index contributed by atoms with van der Waals surface area (Å²) in [6.45, 7) is 1.80. The van der Waals surface area contributed by atoms with Crippen molar-refractivity contribution in [2.75, 3.05) is 7.11 Å². The fourth-order valence-electron chi connectivity index (χ4n) is 2.71. The van der Waals surface area contributed by atoms with Crippen molar-refractivity contribution in [3.8, 4) is 23.0 Å². The van der Waals surface area contributed by atoms with Crippen molar-refractivity contribution in [3.63, 3.8) is 0 Å². The Kier molecular flexibility index (Phi) is 3.37. The summed E-state index contributed by atoms with van der Waals surface area (Å²) >= 11 is 0. The van der Waals surface area contributed by atoms with Crippen LogP contribution in [0, 0.1) is 6.92 Å². The fraction of sp³-hybridized carbons (Fsp3) is 0.294. The number of methoxy groups -OCH3 is 1. The van der Waals surface area contributed by atoms with Crippen LogP contribution in [0.1, 0.15) is 29.2 Å². The van der Waals surface area contributed by atoms with Gasteiger partial charge in [0.2, 0.25) is 0 Å². The van der Waals surface area contributed by atoms with Crippen LogP contribution in [0.25, 0.3) is 0 Å². The average Bonchev–Trinajstić information content (AvgIpc) is 2.52. The molecule has 3 rings (SSSR count). The van der Waals surface area contributed by atoms with Crippen LogP contribution in [-0.4, -0.2) is 17.3 Å². The molecule has 0 radical (unpaired) electrons. The number of aromatic hydroxyl groups is 2. The predicted octanol–water partition coefficient (Wildman–Crippen LogP) is 3.48. The lowest BCUT2D eigenvalue weighted by Gasteiger charge is -2.28. The van der Waals surface area contributed by atoms with E-state index in [2.05, 4.69) is 0 Å². The second-order valence-corrected chi connectivity index (χ2v) is 5.27. The third-order valence-corrected chi connectivity index (χ3v) is 3.99. The highest BCUT2D eigenvalue weighted by Crippen LogP contribution is 2.44. The smallest absolute Gasteiger partial charge is 0.133 e. The SMILES string of the molecule is COc1ccc([C@H]2CCc3c(O)cc(O)c(C)c3O2)cc1. The zero-order valence-corrected chi connectivity index (χ0v) is 12.1. The molecule has 0 amide bonds. The Morgan fingerprint density at radius 1 is 1.14 bits per heavy atom. The summed E-state index contributed by atoms with van der Waals surface area (Å²) in [6.07, 6.45) is 1.43. The Balaban J connectivity index is 1.93. The van der Waals surface area contributed by atoms with Crippen LogP contribution in [0.4, 0.5) is 0 Å². The van der Waals surface area contributed by atoms with Crippen molar-refractivity contribution in [2.45, 2.75) is 25.9 Å². The van der Waals surface area contributed by atoms with Gasteiger partial charge in [-0.1, -0.05) is 12.1 Å². The van der Waals surface area contributed by atoms with E-state index in [0.29, 0.717) is 11.3 Å². The highest BCUT2D eigenvalue weighted by Gasteiger charge is 2.26. The van der Waals surface area contributed by atoms with Gasteiger partial charge in [0.25, 0.3) is 0 Å². The van der Waals surface area contributed by atoms with E-state index < -0.39 is 0 Å². The average molecular weight is 286 g/mol. The highest BCUT2D eigenvalue weighted by molar-refractivity contribution is 5.56. The van der Waals surface area contributed by atoms with Crippen molar-refractivity contribution >= 4 is 0 Å². The first-order chi connectivity index (χ1) is 10.1. The quantitative estimate of drug-likeness (QED) is 0.887. The molecule has 0 aliphatic carbocycles. The van der Waals surface area contributed by atoms with Gasteiger partial charge in [-0.3, -0.25) is 0 Å². The molecule has 2 aromatic carbocycles. The maximum absolute atomic E-state index is 9.93. The number of ether oxygens (including phenoxy) is 2. The van der Waals surface area contributed by atoms with Gasteiger partial charge in [0.05, 0.1) is 7.11 Å². The molecule has 1 heterocycles. The first kappa shape index (κ1) is 13.6. The number of hydrogen-bond acceptors (Lipinski definition) is 4. The summed E-state index contributed by atoms with van der Waals surface area (Å²) < 4.78 is 11.2. The molecular formula is C17H18O4. The van der Waals surface area contributed by atoms with Crippen molar-refractivity contribution in [2.24, 2.45) is 0 Å². The number of fused-ring (bicyclic) bond motifs is 1. The van der Waals surface area contributed by atoms with E-state index in [-0.39, 0.29) is 17.6 Å². The lowest BCUT2D eigenvalue weighted by Crippen LogP contribution is -2.16. The molecule has 1 aliphatic heterocycles. The molecule has 0 saturated carbocycles.